The van der Waals surface area contributed by atoms with E-state index in [1.54, 1.807) is 4.90 Å². The number of esters is 1. The van der Waals surface area contributed by atoms with E-state index in [0.717, 1.165) is 29.6 Å². The number of anilines is 1. The standard InChI is InChI=1S/C23H26N2O3/c1-4-19-15-20-21(24(17(2)26)14-13-23(27)28-3)11-8-12-22(20)25(19)16-18-9-6-5-7-10-18/h5-12,15H,4,13-14,16H2,1-3H3. The molecule has 0 aliphatic heterocycles. The molecule has 1 amide bonds. The summed E-state index contributed by atoms with van der Waals surface area (Å²) in [5.74, 6) is -0.417. The van der Waals surface area contributed by atoms with Crippen LogP contribution in [0.4, 0.5) is 5.69 Å². The first-order valence-electron chi connectivity index (χ1n) is 9.55. The van der Waals surface area contributed by atoms with Crippen molar-refractivity contribution in [2.24, 2.45) is 0 Å². The van der Waals surface area contributed by atoms with E-state index in [0.29, 0.717) is 6.54 Å². The molecule has 28 heavy (non-hydrogen) atoms. The number of hydrogen-bond donors (Lipinski definition) is 0. The minimum Gasteiger partial charge on any atom is -0.469 e. The maximum absolute atomic E-state index is 12.3. The van der Waals surface area contributed by atoms with Gasteiger partial charge in [0.2, 0.25) is 5.91 Å². The molecule has 0 bridgehead atoms. The summed E-state index contributed by atoms with van der Waals surface area (Å²) >= 11 is 0. The van der Waals surface area contributed by atoms with Crippen LogP contribution in [0.1, 0.15) is 31.5 Å². The van der Waals surface area contributed by atoms with Gasteiger partial charge in [-0.2, -0.15) is 0 Å². The van der Waals surface area contributed by atoms with Crippen LogP contribution in [0.2, 0.25) is 0 Å². The minimum absolute atomic E-state index is 0.0924. The normalized spacial score (nSPS) is 10.8. The third kappa shape index (κ3) is 4.09. The van der Waals surface area contributed by atoms with Crippen molar-refractivity contribution in [1.82, 2.24) is 4.57 Å². The maximum atomic E-state index is 12.3. The Bertz CT molecular complexity index is 976. The Morgan fingerprint density at radius 2 is 1.82 bits per heavy atom. The first kappa shape index (κ1) is 19.7. The topological polar surface area (TPSA) is 51.5 Å². The monoisotopic (exact) mass is 378 g/mol. The number of rotatable bonds is 7. The minimum atomic E-state index is -0.325. The predicted octanol–water partition coefficient (Wildman–Crippen LogP) is 4.17. The Morgan fingerprint density at radius 1 is 1.07 bits per heavy atom. The number of carbonyl (C=O) groups is 2. The van der Waals surface area contributed by atoms with E-state index in [-0.39, 0.29) is 18.3 Å². The molecule has 0 N–H and O–H groups in total. The van der Waals surface area contributed by atoms with Crippen molar-refractivity contribution in [2.75, 3.05) is 18.6 Å². The maximum Gasteiger partial charge on any atom is 0.307 e. The summed E-state index contributed by atoms with van der Waals surface area (Å²) in [6.45, 7) is 4.73. The zero-order valence-electron chi connectivity index (χ0n) is 16.6. The molecule has 1 aromatic heterocycles. The number of carbonyl (C=O) groups excluding carboxylic acids is 2. The van der Waals surface area contributed by atoms with Crippen molar-refractivity contribution in [1.29, 1.82) is 0 Å². The lowest BCUT2D eigenvalue weighted by Gasteiger charge is -2.22. The third-order valence-corrected chi connectivity index (χ3v) is 4.99. The molecule has 0 atom stereocenters. The molecule has 5 heteroatoms. The van der Waals surface area contributed by atoms with E-state index in [1.165, 1.54) is 25.3 Å². The number of methoxy groups -OCH3 is 1. The lowest BCUT2D eigenvalue weighted by Crippen LogP contribution is -2.31. The van der Waals surface area contributed by atoms with Crippen LogP contribution in [-0.2, 0) is 27.3 Å². The number of fused-ring (bicyclic) bond motifs is 1. The second kappa shape index (κ2) is 8.74. The van der Waals surface area contributed by atoms with Gasteiger partial charge in [0.05, 0.1) is 24.7 Å². The molecule has 0 saturated heterocycles. The summed E-state index contributed by atoms with van der Waals surface area (Å²) in [4.78, 5) is 25.5. The Morgan fingerprint density at radius 3 is 2.46 bits per heavy atom. The zero-order valence-corrected chi connectivity index (χ0v) is 16.6. The van der Waals surface area contributed by atoms with Gasteiger partial charge < -0.3 is 14.2 Å². The highest BCUT2D eigenvalue weighted by Crippen LogP contribution is 2.31. The molecular formula is C23H26N2O3. The van der Waals surface area contributed by atoms with Gasteiger partial charge in [-0.3, -0.25) is 9.59 Å². The van der Waals surface area contributed by atoms with Crippen LogP contribution < -0.4 is 4.90 Å². The molecule has 0 aliphatic carbocycles. The second-order valence-corrected chi connectivity index (χ2v) is 6.77. The van der Waals surface area contributed by atoms with E-state index in [1.807, 2.05) is 30.3 Å². The molecule has 3 aromatic rings. The molecule has 5 nitrogen and oxygen atoms in total. The lowest BCUT2D eigenvalue weighted by atomic mass is 10.1. The Kier molecular flexibility index (Phi) is 6.14. The van der Waals surface area contributed by atoms with Crippen molar-refractivity contribution in [3.05, 3.63) is 65.9 Å². The van der Waals surface area contributed by atoms with Gasteiger partial charge in [-0.05, 0) is 30.2 Å². The molecule has 0 radical (unpaired) electrons. The smallest absolute Gasteiger partial charge is 0.307 e. The van der Waals surface area contributed by atoms with Gasteiger partial charge in [-0.1, -0.05) is 43.3 Å². The van der Waals surface area contributed by atoms with Crippen molar-refractivity contribution >= 4 is 28.5 Å². The first-order chi connectivity index (χ1) is 13.5. The summed E-state index contributed by atoms with van der Waals surface area (Å²) in [5.41, 5.74) is 4.36. The number of amides is 1. The summed E-state index contributed by atoms with van der Waals surface area (Å²) < 4.78 is 7.03. The molecular weight excluding hydrogens is 352 g/mol. The molecule has 3 rings (SSSR count). The Hall–Kier alpha value is -3.08. The first-order valence-corrected chi connectivity index (χ1v) is 9.55. The predicted molar refractivity (Wildman–Crippen MR) is 112 cm³/mol. The summed E-state index contributed by atoms with van der Waals surface area (Å²) in [5, 5.41) is 1.02. The molecule has 146 valence electrons. The lowest BCUT2D eigenvalue weighted by molar-refractivity contribution is -0.140. The van der Waals surface area contributed by atoms with Crippen LogP contribution in [0.15, 0.2) is 54.6 Å². The molecule has 0 aliphatic rings. The molecule has 0 spiro atoms. The van der Waals surface area contributed by atoms with E-state index in [4.69, 9.17) is 4.74 Å². The molecule has 1 heterocycles. The fourth-order valence-corrected chi connectivity index (χ4v) is 3.56. The van der Waals surface area contributed by atoms with Crippen LogP contribution in [0.3, 0.4) is 0 Å². The highest BCUT2D eigenvalue weighted by molar-refractivity contribution is 6.03. The average Bonchev–Trinajstić information content (AvgIpc) is 3.06. The van der Waals surface area contributed by atoms with Crippen molar-refractivity contribution < 1.29 is 14.3 Å². The zero-order chi connectivity index (χ0) is 20.1. The van der Waals surface area contributed by atoms with Crippen LogP contribution >= 0.6 is 0 Å². The van der Waals surface area contributed by atoms with Gasteiger partial charge >= 0.3 is 5.97 Å². The molecule has 0 unspecified atom stereocenters. The number of benzene rings is 2. The molecule has 0 fully saturated rings. The van der Waals surface area contributed by atoms with Gasteiger partial charge in [0.1, 0.15) is 0 Å². The number of aromatic nitrogens is 1. The second-order valence-electron chi connectivity index (χ2n) is 6.77. The number of ether oxygens (including phenoxy) is 1. The van der Waals surface area contributed by atoms with Gasteiger partial charge in [0.25, 0.3) is 0 Å². The van der Waals surface area contributed by atoms with Gasteiger partial charge in [0.15, 0.2) is 0 Å². The van der Waals surface area contributed by atoms with E-state index in [9.17, 15) is 9.59 Å². The Labute approximate surface area is 165 Å². The number of aryl methyl sites for hydroxylation is 1. The van der Waals surface area contributed by atoms with Gasteiger partial charge in [0, 0.05) is 31.1 Å². The summed E-state index contributed by atoms with van der Waals surface area (Å²) in [6.07, 6.45) is 1.06. The van der Waals surface area contributed by atoms with Crippen LogP contribution in [0, 0.1) is 0 Å². The molecule has 0 saturated carbocycles. The number of nitrogens with zero attached hydrogens (tertiary/aromatic N) is 2. The fourth-order valence-electron chi connectivity index (χ4n) is 3.56. The van der Waals surface area contributed by atoms with E-state index >= 15 is 0 Å². The molecule has 2 aromatic carbocycles. The van der Waals surface area contributed by atoms with Crippen molar-refractivity contribution in [3.8, 4) is 0 Å². The third-order valence-electron chi connectivity index (χ3n) is 4.99. The highest BCUT2D eigenvalue weighted by Gasteiger charge is 2.19. The van der Waals surface area contributed by atoms with Gasteiger partial charge in [-0.15, -0.1) is 0 Å². The van der Waals surface area contributed by atoms with Gasteiger partial charge in [-0.25, -0.2) is 0 Å². The average molecular weight is 378 g/mol. The summed E-state index contributed by atoms with van der Waals surface area (Å²) in [7, 11) is 1.36. The Balaban J connectivity index is 2.04. The summed E-state index contributed by atoms with van der Waals surface area (Å²) in [6, 6.07) is 18.5. The largest absolute Gasteiger partial charge is 0.469 e. The highest BCUT2D eigenvalue weighted by atomic mass is 16.5. The van der Waals surface area contributed by atoms with Crippen LogP contribution in [-0.4, -0.2) is 30.1 Å². The fraction of sp³-hybridized carbons (Fsp3) is 0.304. The van der Waals surface area contributed by atoms with E-state index < -0.39 is 0 Å². The quantitative estimate of drug-likeness (QED) is 0.580. The van der Waals surface area contributed by atoms with Crippen molar-refractivity contribution in [2.45, 2.75) is 33.2 Å². The van der Waals surface area contributed by atoms with E-state index in [2.05, 4.69) is 35.8 Å². The van der Waals surface area contributed by atoms with Crippen molar-refractivity contribution in [3.63, 3.8) is 0 Å². The SMILES string of the molecule is CCc1cc2c(N(CCC(=O)OC)C(C)=O)cccc2n1Cc1ccccc1. The van der Waals surface area contributed by atoms with Crippen LogP contribution in [0.5, 0.6) is 0 Å². The van der Waals surface area contributed by atoms with Crippen LogP contribution in [0.25, 0.3) is 10.9 Å². The number of hydrogen-bond acceptors (Lipinski definition) is 3.